The van der Waals surface area contributed by atoms with Crippen molar-refractivity contribution in [3.8, 4) is 0 Å². The molecule has 1 aliphatic carbocycles. The molecule has 0 spiro atoms. The summed E-state index contributed by atoms with van der Waals surface area (Å²) in [5.74, 6) is 2.09. The van der Waals surface area contributed by atoms with Crippen molar-refractivity contribution in [1.82, 2.24) is 20.1 Å². The van der Waals surface area contributed by atoms with Crippen LogP contribution in [-0.4, -0.2) is 20.1 Å². The van der Waals surface area contributed by atoms with Crippen LogP contribution in [0.5, 0.6) is 0 Å². The van der Waals surface area contributed by atoms with E-state index in [1.807, 2.05) is 6.92 Å². The van der Waals surface area contributed by atoms with Gasteiger partial charge in [0, 0.05) is 18.3 Å². The molecule has 1 aliphatic rings. The SMILES string of the molecule is CC(Sc1ncc[nH]1)c1nc(C2CC2)no1. The van der Waals surface area contributed by atoms with E-state index in [1.165, 1.54) is 12.8 Å². The Morgan fingerprint density at radius 1 is 1.56 bits per heavy atom. The fourth-order valence-corrected chi connectivity index (χ4v) is 2.24. The molecule has 1 unspecified atom stereocenters. The summed E-state index contributed by atoms with van der Waals surface area (Å²) in [6.45, 7) is 2.04. The van der Waals surface area contributed by atoms with Crippen LogP contribution >= 0.6 is 11.8 Å². The fraction of sp³-hybridized carbons (Fsp3) is 0.500. The molecular weight excluding hydrogens is 224 g/mol. The lowest BCUT2D eigenvalue weighted by Gasteiger charge is -2.01. The monoisotopic (exact) mass is 236 g/mol. The van der Waals surface area contributed by atoms with Crippen molar-refractivity contribution in [2.45, 2.75) is 36.1 Å². The Hall–Kier alpha value is -1.30. The summed E-state index contributed by atoms with van der Waals surface area (Å²) in [4.78, 5) is 11.6. The maximum absolute atomic E-state index is 5.25. The molecule has 3 rings (SSSR count). The molecule has 0 aliphatic heterocycles. The molecule has 1 N–H and O–H groups in total. The van der Waals surface area contributed by atoms with Gasteiger partial charge in [-0.3, -0.25) is 0 Å². The smallest absolute Gasteiger partial charge is 0.239 e. The zero-order chi connectivity index (χ0) is 11.0. The molecule has 1 atom stereocenters. The van der Waals surface area contributed by atoms with Crippen molar-refractivity contribution < 1.29 is 4.52 Å². The molecule has 2 aromatic rings. The molecule has 6 heteroatoms. The second-order valence-electron chi connectivity index (χ2n) is 3.92. The number of aromatic nitrogens is 4. The first-order valence-electron chi connectivity index (χ1n) is 5.32. The van der Waals surface area contributed by atoms with Gasteiger partial charge in [0.1, 0.15) is 0 Å². The van der Waals surface area contributed by atoms with Crippen molar-refractivity contribution >= 4 is 11.8 Å². The van der Waals surface area contributed by atoms with E-state index in [1.54, 1.807) is 24.2 Å². The summed E-state index contributed by atoms with van der Waals surface area (Å²) in [5.41, 5.74) is 0. The Labute approximate surface area is 97.0 Å². The predicted octanol–water partition coefficient (Wildman–Crippen LogP) is 2.52. The molecule has 84 valence electrons. The van der Waals surface area contributed by atoms with Gasteiger partial charge >= 0.3 is 0 Å². The summed E-state index contributed by atoms with van der Waals surface area (Å²) in [5, 5.41) is 5.00. The quantitative estimate of drug-likeness (QED) is 0.826. The van der Waals surface area contributed by atoms with E-state index in [0.717, 1.165) is 11.0 Å². The average molecular weight is 236 g/mol. The maximum Gasteiger partial charge on any atom is 0.239 e. The molecule has 2 heterocycles. The number of nitrogens with zero attached hydrogens (tertiary/aromatic N) is 3. The van der Waals surface area contributed by atoms with Crippen LogP contribution < -0.4 is 0 Å². The molecule has 0 radical (unpaired) electrons. The van der Waals surface area contributed by atoms with E-state index >= 15 is 0 Å². The highest BCUT2D eigenvalue weighted by atomic mass is 32.2. The van der Waals surface area contributed by atoms with Gasteiger partial charge in [0.2, 0.25) is 5.89 Å². The third-order valence-corrected chi connectivity index (χ3v) is 3.51. The molecule has 16 heavy (non-hydrogen) atoms. The number of imidazole rings is 1. The standard InChI is InChI=1S/C10H12N4OS/c1-6(16-10-11-4-5-12-10)9-13-8(14-15-9)7-2-3-7/h4-7H,2-3H2,1H3,(H,11,12). The van der Waals surface area contributed by atoms with Gasteiger partial charge < -0.3 is 9.51 Å². The average Bonchev–Trinajstić information content (AvgIpc) is 2.82. The minimum Gasteiger partial charge on any atom is -0.340 e. The van der Waals surface area contributed by atoms with Crippen LogP contribution in [-0.2, 0) is 0 Å². The van der Waals surface area contributed by atoms with E-state index in [9.17, 15) is 0 Å². The van der Waals surface area contributed by atoms with Crippen LogP contribution in [0.15, 0.2) is 22.1 Å². The number of hydrogen-bond acceptors (Lipinski definition) is 5. The number of H-pyrrole nitrogens is 1. The molecule has 0 amide bonds. The summed E-state index contributed by atoms with van der Waals surface area (Å²) in [7, 11) is 0. The van der Waals surface area contributed by atoms with Crippen LogP contribution in [0.2, 0.25) is 0 Å². The first-order chi connectivity index (χ1) is 7.83. The van der Waals surface area contributed by atoms with Crippen LogP contribution in [0.4, 0.5) is 0 Å². The van der Waals surface area contributed by atoms with Gasteiger partial charge in [-0.05, 0) is 19.8 Å². The minimum atomic E-state index is 0.131. The van der Waals surface area contributed by atoms with Gasteiger partial charge in [-0.1, -0.05) is 16.9 Å². The summed E-state index contributed by atoms with van der Waals surface area (Å²) in [6, 6.07) is 0. The van der Waals surface area contributed by atoms with Crippen molar-refractivity contribution in [3.05, 3.63) is 24.1 Å². The van der Waals surface area contributed by atoms with Crippen molar-refractivity contribution in [2.75, 3.05) is 0 Å². The highest BCUT2D eigenvalue weighted by Crippen LogP contribution is 2.39. The molecule has 0 bridgehead atoms. The lowest BCUT2D eigenvalue weighted by atomic mass is 10.4. The largest absolute Gasteiger partial charge is 0.340 e. The minimum absolute atomic E-state index is 0.131. The van der Waals surface area contributed by atoms with Crippen LogP contribution in [0.3, 0.4) is 0 Å². The Morgan fingerprint density at radius 2 is 2.44 bits per heavy atom. The fourth-order valence-electron chi connectivity index (χ4n) is 1.45. The van der Waals surface area contributed by atoms with E-state index in [4.69, 9.17) is 4.52 Å². The third kappa shape index (κ3) is 1.97. The lowest BCUT2D eigenvalue weighted by molar-refractivity contribution is 0.375. The second-order valence-corrected chi connectivity index (χ2v) is 5.25. The van der Waals surface area contributed by atoms with Crippen LogP contribution in [0, 0.1) is 0 Å². The summed E-state index contributed by atoms with van der Waals surface area (Å²) >= 11 is 1.59. The van der Waals surface area contributed by atoms with Crippen molar-refractivity contribution in [2.24, 2.45) is 0 Å². The van der Waals surface area contributed by atoms with E-state index in [2.05, 4.69) is 20.1 Å². The molecular formula is C10H12N4OS. The first kappa shape index (κ1) is 9.89. The van der Waals surface area contributed by atoms with Crippen LogP contribution in [0.1, 0.15) is 42.6 Å². The molecule has 1 saturated carbocycles. The van der Waals surface area contributed by atoms with Crippen molar-refractivity contribution in [1.29, 1.82) is 0 Å². The van der Waals surface area contributed by atoms with E-state index in [0.29, 0.717) is 11.8 Å². The number of nitrogens with one attached hydrogen (secondary N) is 1. The van der Waals surface area contributed by atoms with E-state index < -0.39 is 0 Å². The number of thioether (sulfide) groups is 1. The Balaban J connectivity index is 1.70. The summed E-state index contributed by atoms with van der Waals surface area (Å²) in [6.07, 6.45) is 5.92. The Kier molecular flexibility index (Phi) is 2.43. The molecule has 2 aromatic heterocycles. The zero-order valence-electron chi connectivity index (χ0n) is 8.88. The van der Waals surface area contributed by atoms with Crippen LogP contribution in [0.25, 0.3) is 0 Å². The van der Waals surface area contributed by atoms with Gasteiger partial charge in [0.25, 0.3) is 0 Å². The zero-order valence-corrected chi connectivity index (χ0v) is 9.70. The molecule has 1 fully saturated rings. The second kappa shape index (κ2) is 3.93. The van der Waals surface area contributed by atoms with Gasteiger partial charge in [-0.15, -0.1) is 0 Å². The molecule has 0 saturated heterocycles. The summed E-state index contributed by atoms with van der Waals surface area (Å²) < 4.78 is 5.25. The van der Waals surface area contributed by atoms with Gasteiger partial charge in [0.15, 0.2) is 11.0 Å². The van der Waals surface area contributed by atoms with Gasteiger partial charge in [-0.2, -0.15) is 4.98 Å². The number of rotatable bonds is 4. The number of aromatic amines is 1. The maximum atomic E-state index is 5.25. The van der Waals surface area contributed by atoms with Gasteiger partial charge in [-0.25, -0.2) is 4.98 Å². The molecule has 0 aromatic carbocycles. The third-order valence-electron chi connectivity index (χ3n) is 2.51. The first-order valence-corrected chi connectivity index (χ1v) is 6.20. The van der Waals surface area contributed by atoms with E-state index in [-0.39, 0.29) is 5.25 Å². The normalized spacial score (nSPS) is 17.6. The Morgan fingerprint density at radius 3 is 3.12 bits per heavy atom. The molecule has 5 nitrogen and oxygen atoms in total. The lowest BCUT2D eigenvalue weighted by Crippen LogP contribution is -1.90. The Bertz CT molecular complexity index is 463. The predicted molar refractivity (Wildman–Crippen MR) is 59.1 cm³/mol. The topological polar surface area (TPSA) is 67.6 Å². The number of hydrogen-bond donors (Lipinski definition) is 1. The highest BCUT2D eigenvalue weighted by molar-refractivity contribution is 7.99. The van der Waals surface area contributed by atoms with Crippen molar-refractivity contribution in [3.63, 3.8) is 0 Å². The highest BCUT2D eigenvalue weighted by Gasteiger charge is 2.29. The van der Waals surface area contributed by atoms with Gasteiger partial charge in [0.05, 0.1) is 5.25 Å².